The molecule has 1 amide bonds. The predicted octanol–water partition coefficient (Wildman–Crippen LogP) is 3.18. The molecule has 0 aliphatic carbocycles. The molecule has 1 saturated heterocycles. The molecule has 28 heavy (non-hydrogen) atoms. The van der Waals surface area contributed by atoms with Crippen molar-refractivity contribution in [2.75, 3.05) is 37.8 Å². The summed E-state index contributed by atoms with van der Waals surface area (Å²) in [5.41, 5.74) is 1.92. The lowest BCUT2D eigenvalue weighted by Gasteiger charge is -2.30. The topological polar surface area (TPSA) is 61.8 Å². The highest BCUT2D eigenvalue weighted by atomic mass is 35.5. The minimum atomic E-state index is -0.636. The smallest absolute Gasteiger partial charge is 0.244 e. The zero-order valence-corrected chi connectivity index (χ0v) is 16.0. The van der Waals surface area contributed by atoms with Crippen LogP contribution in [0.4, 0.5) is 10.1 Å². The molecule has 2 aromatic carbocycles. The Morgan fingerprint density at radius 3 is 2.64 bits per heavy atom. The Labute approximate surface area is 168 Å². The Bertz CT molecular complexity index is 836. The molecular formula is C21H22ClFN2O3. The lowest BCUT2D eigenvalue weighted by molar-refractivity contribution is -0.117. The highest BCUT2D eigenvalue weighted by Crippen LogP contribution is 2.25. The van der Waals surface area contributed by atoms with E-state index in [0.717, 1.165) is 5.56 Å². The van der Waals surface area contributed by atoms with Crippen molar-refractivity contribution in [1.82, 2.24) is 5.32 Å². The summed E-state index contributed by atoms with van der Waals surface area (Å²) < 4.78 is 19.6. The summed E-state index contributed by atoms with van der Waals surface area (Å²) in [6, 6.07) is 11.0. The number of nitrogens with zero attached hydrogens (tertiary/aromatic N) is 1. The highest BCUT2D eigenvalue weighted by molar-refractivity contribution is 6.30. The Kier molecular flexibility index (Phi) is 7.03. The molecule has 1 heterocycles. The number of morpholine rings is 1. The molecule has 0 aromatic heterocycles. The summed E-state index contributed by atoms with van der Waals surface area (Å²) >= 11 is 5.84. The van der Waals surface area contributed by atoms with Gasteiger partial charge in [-0.2, -0.15) is 0 Å². The number of aliphatic hydroxyl groups is 1. The third-order valence-electron chi connectivity index (χ3n) is 4.52. The van der Waals surface area contributed by atoms with Gasteiger partial charge < -0.3 is 20.1 Å². The van der Waals surface area contributed by atoms with Gasteiger partial charge in [-0.15, -0.1) is 0 Å². The van der Waals surface area contributed by atoms with Gasteiger partial charge in [0.2, 0.25) is 5.91 Å². The number of nitrogens with one attached hydrogen (secondary N) is 1. The standard InChI is InChI=1S/C21H22ClFN2O3/c22-17-5-1-15(2-6-17)3-8-21(27)24-19(14-26)16-4-7-18(23)20(13-16)25-9-11-28-12-10-25/h1-8,13,19,26H,9-12,14H2,(H,24,27)/b8-3+. The number of ether oxygens (including phenoxy) is 1. The van der Waals surface area contributed by atoms with Gasteiger partial charge in [0, 0.05) is 24.2 Å². The second-order valence-corrected chi connectivity index (χ2v) is 6.88. The zero-order chi connectivity index (χ0) is 19.9. The molecule has 1 fully saturated rings. The van der Waals surface area contributed by atoms with Gasteiger partial charge in [0.05, 0.1) is 31.5 Å². The second-order valence-electron chi connectivity index (χ2n) is 6.44. The average molecular weight is 405 g/mol. The van der Waals surface area contributed by atoms with E-state index in [1.807, 2.05) is 4.90 Å². The summed E-state index contributed by atoms with van der Waals surface area (Å²) in [6.07, 6.45) is 3.04. The maximum Gasteiger partial charge on any atom is 0.244 e. The van der Waals surface area contributed by atoms with Gasteiger partial charge in [-0.05, 0) is 41.5 Å². The first-order valence-electron chi connectivity index (χ1n) is 9.04. The summed E-state index contributed by atoms with van der Waals surface area (Å²) in [7, 11) is 0. The van der Waals surface area contributed by atoms with Crippen molar-refractivity contribution in [3.8, 4) is 0 Å². The summed E-state index contributed by atoms with van der Waals surface area (Å²) in [4.78, 5) is 14.1. The van der Waals surface area contributed by atoms with Crippen LogP contribution in [0.15, 0.2) is 48.5 Å². The lowest BCUT2D eigenvalue weighted by Crippen LogP contribution is -2.37. The number of carbonyl (C=O) groups is 1. The minimum Gasteiger partial charge on any atom is -0.394 e. The third-order valence-corrected chi connectivity index (χ3v) is 4.77. The maximum atomic E-state index is 14.3. The van der Waals surface area contributed by atoms with Crippen molar-refractivity contribution < 1.29 is 19.0 Å². The van der Waals surface area contributed by atoms with Gasteiger partial charge in [0.1, 0.15) is 5.82 Å². The van der Waals surface area contributed by atoms with Crippen LogP contribution < -0.4 is 10.2 Å². The minimum absolute atomic E-state index is 0.297. The van der Waals surface area contributed by atoms with Crippen LogP contribution in [0, 0.1) is 5.82 Å². The molecule has 3 rings (SSSR count). The number of hydrogen-bond acceptors (Lipinski definition) is 4. The Morgan fingerprint density at radius 2 is 1.96 bits per heavy atom. The van der Waals surface area contributed by atoms with Crippen molar-refractivity contribution in [3.63, 3.8) is 0 Å². The molecule has 7 heteroatoms. The van der Waals surface area contributed by atoms with Gasteiger partial charge in [-0.25, -0.2) is 4.39 Å². The van der Waals surface area contributed by atoms with Crippen LogP contribution in [0.3, 0.4) is 0 Å². The van der Waals surface area contributed by atoms with Crippen LogP contribution in [-0.4, -0.2) is 43.9 Å². The Morgan fingerprint density at radius 1 is 1.25 bits per heavy atom. The van der Waals surface area contributed by atoms with Gasteiger partial charge in [-0.1, -0.05) is 29.8 Å². The summed E-state index contributed by atoms with van der Waals surface area (Å²) in [6.45, 7) is 1.98. The third kappa shape index (κ3) is 5.32. The molecule has 1 aliphatic rings. The number of rotatable bonds is 6. The number of aliphatic hydroxyl groups excluding tert-OH is 1. The van der Waals surface area contributed by atoms with Gasteiger partial charge >= 0.3 is 0 Å². The first-order chi connectivity index (χ1) is 13.6. The fourth-order valence-corrected chi connectivity index (χ4v) is 3.12. The van der Waals surface area contributed by atoms with E-state index in [4.69, 9.17) is 16.3 Å². The van der Waals surface area contributed by atoms with E-state index in [1.165, 1.54) is 12.1 Å². The van der Waals surface area contributed by atoms with Crippen molar-refractivity contribution in [2.24, 2.45) is 0 Å². The monoisotopic (exact) mass is 404 g/mol. The second kappa shape index (κ2) is 9.68. The number of carbonyl (C=O) groups excluding carboxylic acids is 1. The molecular weight excluding hydrogens is 383 g/mol. The van der Waals surface area contributed by atoms with E-state index in [1.54, 1.807) is 42.5 Å². The molecule has 1 aliphatic heterocycles. The summed E-state index contributed by atoms with van der Waals surface area (Å²) in [5, 5.41) is 13.1. The first-order valence-corrected chi connectivity index (χ1v) is 9.42. The van der Waals surface area contributed by atoms with Gasteiger partial charge in [-0.3, -0.25) is 4.79 Å². The zero-order valence-electron chi connectivity index (χ0n) is 15.3. The van der Waals surface area contributed by atoms with E-state index < -0.39 is 6.04 Å². The lowest BCUT2D eigenvalue weighted by atomic mass is 10.1. The summed E-state index contributed by atoms with van der Waals surface area (Å²) in [5.74, 6) is -0.692. The average Bonchev–Trinajstić information content (AvgIpc) is 2.73. The first kappa shape index (κ1) is 20.3. The van der Waals surface area contributed by atoms with E-state index in [0.29, 0.717) is 42.6 Å². The molecule has 5 nitrogen and oxygen atoms in total. The molecule has 2 aromatic rings. The van der Waals surface area contributed by atoms with Crippen LogP contribution in [0.25, 0.3) is 6.08 Å². The van der Waals surface area contributed by atoms with Crippen LogP contribution in [0.5, 0.6) is 0 Å². The highest BCUT2D eigenvalue weighted by Gasteiger charge is 2.19. The van der Waals surface area contributed by atoms with Crippen LogP contribution in [-0.2, 0) is 9.53 Å². The fraction of sp³-hybridized carbons (Fsp3) is 0.286. The van der Waals surface area contributed by atoms with E-state index >= 15 is 0 Å². The molecule has 0 radical (unpaired) electrons. The number of halogens is 2. The van der Waals surface area contributed by atoms with Crippen molar-refractivity contribution in [1.29, 1.82) is 0 Å². The number of anilines is 1. The fourth-order valence-electron chi connectivity index (χ4n) is 2.99. The number of benzene rings is 2. The van der Waals surface area contributed by atoms with E-state index in [2.05, 4.69) is 5.32 Å². The largest absolute Gasteiger partial charge is 0.394 e. The van der Waals surface area contributed by atoms with E-state index in [-0.39, 0.29) is 18.3 Å². The van der Waals surface area contributed by atoms with Crippen LogP contribution in [0.1, 0.15) is 17.2 Å². The van der Waals surface area contributed by atoms with Crippen molar-refractivity contribution >= 4 is 29.3 Å². The Balaban J connectivity index is 1.70. The molecule has 0 saturated carbocycles. The molecule has 0 bridgehead atoms. The van der Waals surface area contributed by atoms with Crippen molar-refractivity contribution in [2.45, 2.75) is 6.04 Å². The normalized spacial score (nSPS) is 15.6. The molecule has 1 unspecified atom stereocenters. The molecule has 1 atom stereocenters. The molecule has 2 N–H and O–H groups in total. The molecule has 0 spiro atoms. The SMILES string of the molecule is O=C(/C=C/c1ccc(Cl)cc1)NC(CO)c1ccc(F)c(N2CCOCC2)c1. The molecule has 148 valence electrons. The maximum absolute atomic E-state index is 14.3. The van der Waals surface area contributed by atoms with Gasteiger partial charge in [0.25, 0.3) is 0 Å². The van der Waals surface area contributed by atoms with Crippen LogP contribution in [0.2, 0.25) is 5.02 Å². The number of hydrogen-bond donors (Lipinski definition) is 2. The predicted molar refractivity (Wildman–Crippen MR) is 108 cm³/mol. The Hall–Kier alpha value is -2.41. The van der Waals surface area contributed by atoms with Crippen LogP contribution >= 0.6 is 11.6 Å². The van der Waals surface area contributed by atoms with Gasteiger partial charge in [0.15, 0.2) is 0 Å². The quantitative estimate of drug-likeness (QED) is 0.726. The van der Waals surface area contributed by atoms with E-state index in [9.17, 15) is 14.3 Å². The number of amides is 1. The van der Waals surface area contributed by atoms with Crippen molar-refractivity contribution in [3.05, 3.63) is 70.5 Å².